The van der Waals surface area contributed by atoms with Crippen LogP contribution < -0.4 is 0 Å². The minimum atomic E-state index is -0.833. The molecule has 1 unspecified atom stereocenters. The van der Waals surface area contributed by atoms with Gasteiger partial charge in [-0.3, -0.25) is 0 Å². The minimum absolute atomic E-state index is 0.192. The van der Waals surface area contributed by atoms with E-state index in [9.17, 15) is 4.79 Å². The second-order valence-corrected chi connectivity index (χ2v) is 8.00. The van der Waals surface area contributed by atoms with Gasteiger partial charge in [-0.05, 0) is 0 Å². The third-order valence-electron chi connectivity index (χ3n) is 1.89. The van der Waals surface area contributed by atoms with Gasteiger partial charge in [0.15, 0.2) is 0 Å². The summed E-state index contributed by atoms with van der Waals surface area (Å²) >= 11 is 3.29. The summed E-state index contributed by atoms with van der Waals surface area (Å²) < 4.78 is 1.69. The second-order valence-electron chi connectivity index (χ2n) is 2.98. The molecule has 0 spiro atoms. The number of phenols is 1. The number of hydrogen-bond acceptors (Lipinski definition) is 3. The van der Waals surface area contributed by atoms with Crippen molar-refractivity contribution in [3.63, 3.8) is 0 Å². The first-order valence-corrected chi connectivity index (χ1v) is 6.40. The van der Waals surface area contributed by atoms with Crippen LogP contribution in [0.15, 0.2) is 24.3 Å². The topological polar surface area (TPSA) is 60.8 Å². The van der Waals surface area contributed by atoms with Crippen LogP contribution in [0.4, 0.5) is 0 Å². The Morgan fingerprint density at radius 2 is 2.00 bits per heavy atom. The fourth-order valence-corrected chi connectivity index (χ4v) is 2.12. The van der Waals surface area contributed by atoms with Crippen LogP contribution in [0.5, 0.6) is 5.75 Å². The summed E-state index contributed by atoms with van der Waals surface area (Å²) in [5.41, 5.74) is 0.901. The molecule has 82 valence electrons. The Labute approximate surface area is 117 Å². The molecule has 0 radical (unpaired) electrons. The van der Waals surface area contributed by atoms with E-state index in [2.05, 4.69) is 0 Å². The molecule has 0 amide bonds. The zero-order valence-corrected chi connectivity index (χ0v) is 12.7. The number of halogens is 1. The van der Waals surface area contributed by atoms with Crippen molar-refractivity contribution in [2.75, 3.05) is 0 Å². The van der Waals surface area contributed by atoms with E-state index in [0.717, 1.165) is 5.56 Å². The Kier molecular flexibility index (Phi) is 5.22. The molecule has 1 aromatic rings. The van der Waals surface area contributed by atoms with Crippen LogP contribution in [0.1, 0.15) is 5.56 Å². The Morgan fingerprint density at radius 1 is 1.47 bits per heavy atom. The first-order valence-electron chi connectivity index (χ1n) is 4.12. The summed E-state index contributed by atoms with van der Waals surface area (Å²) in [5.74, 6) is -0.642. The Bertz CT molecular complexity index is 342. The summed E-state index contributed by atoms with van der Waals surface area (Å²) in [7, 11) is 0. The maximum atomic E-state index is 10.9. The van der Waals surface area contributed by atoms with E-state index in [4.69, 9.17) is 10.2 Å². The van der Waals surface area contributed by atoms with Gasteiger partial charge in [-0.15, -0.1) is 0 Å². The average Bonchev–Trinajstić information content (AvgIpc) is 2.15. The van der Waals surface area contributed by atoms with E-state index >= 15 is 0 Å². The zero-order chi connectivity index (χ0) is 11.4. The average molecular weight is 516 g/mol. The van der Waals surface area contributed by atoms with Crippen molar-refractivity contribution in [2.45, 2.75) is 12.5 Å². The quantitative estimate of drug-likeness (QED) is 0.471. The number of aliphatic carboxylic acids is 1. The van der Waals surface area contributed by atoms with Crippen molar-refractivity contribution in [2.24, 2.45) is 0 Å². The molecule has 0 aliphatic carbocycles. The fourth-order valence-electron chi connectivity index (χ4n) is 1.10. The summed E-state index contributed by atoms with van der Waals surface area (Å²) in [4.78, 5) is 10.9. The van der Waals surface area contributed by atoms with E-state index in [1.165, 1.54) is 25.0 Å². The van der Waals surface area contributed by atoms with Gasteiger partial charge in [0.2, 0.25) is 0 Å². The fraction of sp³-hybridized carbons (Fsp3) is 0.222. The number of rotatable bonds is 4. The van der Waals surface area contributed by atoms with E-state index in [-0.39, 0.29) is 5.75 Å². The normalized spacial score (nSPS) is 12.7. The summed E-state index contributed by atoms with van der Waals surface area (Å²) in [6.07, 6.45) is 0.440. The number of carboxylic acids is 1. The molecular weight excluding hydrogens is 507 g/mol. The molecular formula is C9H9AtINO3. The number of phenolic OH excluding ortho intramolecular Hbond substituents is 1. The zero-order valence-electron chi connectivity index (χ0n) is 7.60. The van der Waals surface area contributed by atoms with Crippen LogP contribution in [0, 0.1) is 25.0 Å². The first kappa shape index (κ1) is 13.1. The van der Waals surface area contributed by atoms with Crippen molar-refractivity contribution in [1.29, 1.82) is 0 Å². The van der Waals surface area contributed by atoms with Gasteiger partial charge in [0.25, 0.3) is 0 Å². The van der Waals surface area contributed by atoms with Gasteiger partial charge in [-0.1, -0.05) is 0 Å². The summed E-state index contributed by atoms with van der Waals surface area (Å²) in [5, 5.41) is 18.1. The van der Waals surface area contributed by atoms with E-state index in [1.54, 1.807) is 25.3 Å². The van der Waals surface area contributed by atoms with Gasteiger partial charge >= 0.3 is 118 Å². The monoisotopic (exact) mass is 516 g/mol. The molecule has 0 saturated heterocycles. The number of hydrogen-bond donors (Lipinski definition) is 2. The molecule has 0 saturated carbocycles. The predicted octanol–water partition coefficient (Wildman–Crippen LogP) is 1.50. The molecule has 0 bridgehead atoms. The SMILES string of the molecule is O=C(O)C(Cc1ccc(O)cc1)N(I)[At]. The molecule has 0 heterocycles. The van der Waals surface area contributed by atoms with E-state index < -0.39 is 12.0 Å². The maximum absolute atomic E-state index is 10.9. The third-order valence-corrected chi connectivity index (χ3v) is 3.47. The van der Waals surface area contributed by atoms with Gasteiger partial charge in [-0.2, -0.15) is 0 Å². The number of aromatic hydroxyl groups is 1. The van der Waals surface area contributed by atoms with Crippen molar-refractivity contribution in [1.82, 2.24) is 1.06 Å². The number of benzene rings is 1. The van der Waals surface area contributed by atoms with Gasteiger partial charge in [0.05, 0.1) is 0 Å². The summed E-state index contributed by atoms with van der Waals surface area (Å²) in [6, 6.07) is 6.07. The van der Waals surface area contributed by atoms with Crippen molar-refractivity contribution < 1.29 is 40.0 Å². The molecule has 2 N–H and O–H groups in total. The van der Waals surface area contributed by atoms with Gasteiger partial charge in [0.1, 0.15) is 0 Å². The Morgan fingerprint density at radius 3 is 2.40 bits per heavy atom. The van der Waals surface area contributed by atoms with E-state index in [1.807, 2.05) is 22.9 Å². The van der Waals surface area contributed by atoms with Crippen LogP contribution in [0.25, 0.3) is 0 Å². The number of carbonyl (C=O) groups is 1. The molecule has 0 aliphatic rings. The van der Waals surface area contributed by atoms with Crippen molar-refractivity contribution in [3.8, 4) is 5.75 Å². The molecule has 0 aromatic heterocycles. The van der Waals surface area contributed by atoms with E-state index in [0.29, 0.717) is 6.42 Å². The molecule has 1 aromatic carbocycles. The van der Waals surface area contributed by atoms with Crippen molar-refractivity contribution >= 4 is 28.8 Å². The third kappa shape index (κ3) is 4.20. The van der Waals surface area contributed by atoms with Crippen LogP contribution in [0.3, 0.4) is 0 Å². The molecule has 1 atom stereocenters. The van der Waals surface area contributed by atoms with Gasteiger partial charge in [-0.25, -0.2) is 0 Å². The molecule has 0 aliphatic heterocycles. The number of carboxylic acid groups (broad SMARTS) is 1. The van der Waals surface area contributed by atoms with Gasteiger partial charge in [0, 0.05) is 0 Å². The van der Waals surface area contributed by atoms with Crippen LogP contribution in [0.2, 0.25) is 0 Å². The Balaban J connectivity index is 2.74. The first-order chi connectivity index (χ1) is 7.00. The molecule has 4 nitrogen and oxygen atoms in total. The van der Waals surface area contributed by atoms with Crippen molar-refractivity contribution in [3.05, 3.63) is 29.8 Å². The molecule has 15 heavy (non-hydrogen) atoms. The number of nitrogens with zero attached hydrogens (tertiary/aromatic N) is 1. The molecule has 0 fully saturated rings. The molecule has 6 heteroatoms. The van der Waals surface area contributed by atoms with Crippen LogP contribution >= 0.6 is 22.9 Å². The standard InChI is InChI=1S/C9H9AtINO3/c10-12(11)8(9(14)15)5-6-1-3-7(13)4-2-6/h1-4,8,13H,5H2,(H,14,15). The second kappa shape index (κ2) is 5.96. The summed E-state index contributed by atoms with van der Waals surface area (Å²) in [6.45, 7) is 0. The van der Waals surface area contributed by atoms with Crippen LogP contribution in [-0.4, -0.2) is 23.3 Å². The van der Waals surface area contributed by atoms with Crippen LogP contribution in [-0.2, 0) is 11.2 Å². The Hall–Kier alpha value is 0.0631. The van der Waals surface area contributed by atoms with Gasteiger partial charge < -0.3 is 0 Å². The molecule has 1 rings (SSSR count). The predicted molar refractivity (Wildman–Crippen MR) is 59.1 cm³/mol.